The van der Waals surface area contributed by atoms with Crippen LogP contribution in [0.4, 0.5) is 5.82 Å². The molecule has 5 rings (SSSR count). The molecule has 0 saturated heterocycles. The topological polar surface area (TPSA) is 103 Å². The molecule has 4 N–H and O–H groups in total. The molecule has 3 aromatic rings. The largest absolute Gasteiger partial charge is 0.390 e. The molecule has 7 heteroatoms. The number of carbonyl (C=O) groups is 1. The summed E-state index contributed by atoms with van der Waals surface area (Å²) in [7, 11) is 0. The molecule has 1 aromatic carbocycles. The number of rotatable bonds is 1. The number of H-pyrrole nitrogens is 1. The highest BCUT2D eigenvalue weighted by molar-refractivity contribution is 6.00. The number of benzene rings is 1. The summed E-state index contributed by atoms with van der Waals surface area (Å²) in [6.07, 6.45) is 3.02. The Morgan fingerprint density at radius 2 is 2.11 bits per heavy atom. The highest BCUT2D eigenvalue weighted by Gasteiger charge is 2.28. The van der Waals surface area contributed by atoms with Crippen molar-refractivity contribution in [1.82, 2.24) is 20.3 Å². The number of aliphatic hydroxyl groups is 1. The maximum absolute atomic E-state index is 12.4. The van der Waals surface area contributed by atoms with Crippen molar-refractivity contribution >= 4 is 22.8 Å². The van der Waals surface area contributed by atoms with E-state index in [2.05, 4.69) is 33.6 Å². The minimum atomic E-state index is -0.183. The predicted molar refractivity (Wildman–Crippen MR) is 107 cm³/mol. The first-order valence-corrected chi connectivity index (χ1v) is 9.45. The Bertz CT molecular complexity index is 1130. The van der Waals surface area contributed by atoms with Crippen LogP contribution >= 0.6 is 0 Å². The molecule has 0 aliphatic carbocycles. The first-order chi connectivity index (χ1) is 13.6. The highest BCUT2D eigenvalue weighted by atomic mass is 16.3. The molecule has 2 aromatic heterocycles. The lowest BCUT2D eigenvalue weighted by molar-refractivity contribution is 0.0940. The molecular formula is C21H21N5O2. The van der Waals surface area contributed by atoms with Crippen LogP contribution in [0.1, 0.15) is 41.0 Å². The Hall–Kier alpha value is -3.19. The van der Waals surface area contributed by atoms with E-state index in [0.29, 0.717) is 35.7 Å². The molecule has 0 spiro atoms. The molecule has 28 heavy (non-hydrogen) atoms. The van der Waals surface area contributed by atoms with Gasteiger partial charge in [0.25, 0.3) is 5.91 Å². The summed E-state index contributed by atoms with van der Waals surface area (Å²) in [5, 5.41) is 16.1. The lowest BCUT2D eigenvalue weighted by atomic mass is 9.93. The summed E-state index contributed by atoms with van der Waals surface area (Å²) in [4.78, 5) is 25.3. The molecular weight excluding hydrogens is 354 g/mol. The van der Waals surface area contributed by atoms with Gasteiger partial charge in [-0.2, -0.15) is 0 Å². The van der Waals surface area contributed by atoms with Crippen molar-refractivity contribution in [2.75, 3.05) is 18.4 Å². The third-order valence-corrected chi connectivity index (χ3v) is 5.50. The van der Waals surface area contributed by atoms with Crippen molar-refractivity contribution in [1.29, 1.82) is 0 Å². The number of carbonyl (C=O) groups excluding carboxylic acids is 1. The summed E-state index contributed by atoms with van der Waals surface area (Å²) in [5.74, 6) is 0.749. The second-order valence-corrected chi connectivity index (χ2v) is 7.41. The number of allylic oxidation sites excluding steroid dienone is 1. The van der Waals surface area contributed by atoms with Crippen LogP contribution in [0.25, 0.3) is 22.3 Å². The lowest BCUT2D eigenvalue weighted by Crippen LogP contribution is -2.34. The van der Waals surface area contributed by atoms with Gasteiger partial charge in [-0.25, -0.2) is 9.97 Å². The number of para-hydroxylation sites is 1. The number of hydrogen-bond donors (Lipinski definition) is 4. The quantitative estimate of drug-likeness (QED) is 0.490. The first-order valence-electron chi connectivity index (χ1n) is 9.45. The number of anilines is 1. The number of nitrogens with one attached hydrogen (secondary N) is 3. The second-order valence-electron chi connectivity index (χ2n) is 7.41. The summed E-state index contributed by atoms with van der Waals surface area (Å²) < 4.78 is 0. The fourth-order valence-corrected chi connectivity index (χ4v) is 3.96. The minimum Gasteiger partial charge on any atom is -0.390 e. The fourth-order valence-electron chi connectivity index (χ4n) is 3.96. The van der Waals surface area contributed by atoms with Gasteiger partial charge in [0.1, 0.15) is 11.2 Å². The van der Waals surface area contributed by atoms with E-state index in [-0.39, 0.29) is 18.4 Å². The number of aliphatic hydroxyl groups excluding tert-OH is 1. The Morgan fingerprint density at radius 1 is 1.21 bits per heavy atom. The van der Waals surface area contributed by atoms with Crippen molar-refractivity contribution in [2.45, 2.75) is 25.9 Å². The highest BCUT2D eigenvalue weighted by Crippen LogP contribution is 2.34. The SMILES string of the molecule is CC1=CCC2CNC(=O)c3cc([nH]c32)-c2cccc3nc(CO)c(nc23)NC1. The number of amides is 1. The molecule has 1 atom stereocenters. The van der Waals surface area contributed by atoms with Gasteiger partial charge in [0.2, 0.25) is 0 Å². The zero-order valence-corrected chi connectivity index (χ0v) is 15.5. The van der Waals surface area contributed by atoms with Crippen molar-refractivity contribution in [3.63, 3.8) is 0 Å². The molecule has 142 valence electrons. The molecule has 0 saturated carbocycles. The van der Waals surface area contributed by atoms with Crippen molar-refractivity contribution in [3.05, 3.63) is 52.9 Å². The van der Waals surface area contributed by atoms with E-state index in [1.165, 1.54) is 5.57 Å². The summed E-state index contributed by atoms with van der Waals surface area (Å²) in [6.45, 7) is 3.12. The lowest BCUT2D eigenvalue weighted by Gasteiger charge is -2.22. The van der Waals surface area contributed by atoms with Gasteiger partial charge in [0.15, 0.2) is 5.82 Å². The van der Waals surface area contributed by atoms with E-state index in [1.54, 1.807) is 0 Å². The standard InChI is InChI=1S/C21H21N5O2/c1-11-5-6-12-9-23-21(28)14-7-16(25-18(12)14)13-3-2-4-15-19(13)26-20(22-8-11)17(10-27)24-15/h2-5,7,12,25,27H,6,8-10H2,1H3,(H,22,26)(H,23,28). The smallest absolute Gasteiger partial charge is 0.253 e. The van der Waals surface area contributed by atoms with Gasteiger partial charge >= 0.3 is 0 Å². The average molecular weight is 375 g/mol. The van der Waals surface area contributed by atoms with E-state index in [1.807, 2.05) is 24.3 Å². The van der Waals surface area contributed by atoms with Crippen LogP contribution in [0, 0.1) is 0 Å². The molecule has 0 radical (unpaired) electrons. The Kier molecular flexibility index (Phi) is 3.91. The normalized spacial score (nSPS) is 18.6. The molecule has 0 fully saturated rings. The number of aromatic nitrogens is 3. The van der Waals surface area contributed by atoms with Gasteiger partial charge in [-0.1, -0.05) is 23.8 Å². The molecule has 2 aliphatic heterocycles. The van der Waals surface area contributed by atoms with Crippen LogP contribution in [0.15, 0.2) is 35.9 Å². The summed E-state index contributed by atoms with van der Waals surface area (Å²) >= 11 is 0. The zero-order valence-electron chi connectivity index (χ0n) is 15.5. The predicted octanol–water partition coefficient (Wildman–Crippen LogP) is 2.71. The number of aromatic amines is 1. The van der Waals surface area contributed by atoms with Gasteiger partial charge in [0, 0.05) is 36.0 Å². The van der Waals surface area contributed by atoms with E-state index in [0.717, 1.165) is 28.9 Å². The number of nitrogens with zero attached hydrogens (tertiary/aromatic N) is 2. The first kappa shape index (κ1) is 16.9. The van der Waals surface area contributed by atoms with Crippen molar-refractivity contribution in [3.8, 4) is 11.3 Å². The number of hydrogen-bond acceptors (Lipinski definition) is 5. The summed E-state index contributed by atoms with van der Waals surface area (Å²) in [6, 6.07) is 7.69. The molecule has 4 bridgehead atoms. The van der Waals surface area contributed by atoms with Gasteiger partial charge in [-0.15, -0.1) is 0 Å². The van der Waals surface area contributed by atoms with E-state index in [9.17, 15) is 9.90 Å². The van der Waals surface area contributed by atoms with Crippen LogP contribution in [-0.2, 0) is 6.61 Å². The Morgan fingerprint density at radius 3 is 2.96 bits per heavy atom. The van der Waals surface area contributed by atoms with Crippen LogP contribution in [0.3, 0.4) is 0 Å². The minimum absolute atomic E-state index is 0.0437. The molecule has 2 aliphatic rings. The van der Waals surface area contributed by atoms with E-state index in [4.69, 9.17) is 4.98 Å². The van der Waals surface area contributed by atoms with Gasteiger partial charge in [-0.05, 0) is 25.5 Å². The second kappa shape index (κ2) is 6.45. The van der Waals surface area contributed by atoms with Gasteiger partial charge in [-0.3, -0.25) is 4.79 Å². The van der Waals surface area contributed by atoms with Gasteiger partial charge < -0.3 is 20.7 Å². The van der Waals surface area contributed by atoms with E-state index >= 15 is 0 Å². The Balaban J connectivity index is 1.79. The monoisotopic (exact) mass is 375 g/mol. The zero-order chi connectivity index (χ0) is 19.3. The molecule has 1 unspecified atom stereocenters. The third-order valence-electron chi connectivity index (χ3n) is 5.50. The molecule has 7 nitrogen and oxygen atoms in total. The average Bonchev–Trinajstić information content (AvgIpc) is 3.16. The van der Waals surface area contributed by atoms with Crippen LogP contribution in [0.2, 0.25) is 0 Å². The maximum atomic E-state index is 12.4. The van der Waals surface area contributed by atoms with Gasteiger partial charge in [0.05, 0.1) is 17.7 Å². The third kappa shape index (κ3) is 2.66. The fraction of sp³-hybridized carbons (Fsp3) is 0.286. The Labute approximate surface area is 161 Å². The molecule has 1 amide bonds. The van der Waals surface area contributed by atoms with Crippen molar-refractivity contribution in [2.24, 2.45) is 0 Å². The molecule has 4 heterocycles. The van der Waals surface area contributed by atoms with Crippen molar-refractivity contribution < 1.29 is 9.90 Å². The maximum Gasteiger partial charge on any atom is 0.253 e. The number of fused-ring (bicyclic) bond motifs is 3. The van der Waals surface area contributed by atoms with Crippen LogP contribution in [-0.4, -0.2) is 39.1 Å². The van der Waals surface area contributed by atoms with Crippen LogP contribution < -0.4 is 10.6 Å². The van der Waals surface area contributed by atoms with Crippen LogP contribution in [0.5, 0.6) is 0 Å². The summed E-state index contributed by atoms with van der Waals surface area (Å²) in [5.41, 5.74) is 6.57. The van der Waals surface area contributed by atoms with E-state index < -0.39 is 0 Å².